The lowest BCUT2D eigenvalue weighted by atomic mass is 10.2. The molecule has 0 aromatic carbocycles. The summed E-state index contributed by atoms with van der Waals surface area (Å²) in [6.07, 6.45) is -0.336. The zero-order chi connectivity index (χ0) is 13.2. The summed E-state index contributed by atoms with van der Waals surface area (Å²) >= 11 is 0. The summed E-state index contributed by atoms with van der Waals surface area (Å²) < 4.78 is 29.4. The molecule has 1 aromatic rings. The third-order valence-corrected chi connectivity index (χ3v) is 3.08. The Kier molecular flexibility index (Phi) is 4.23. The Hall–Kier alpha value is -0.990. The molecular weight excluding hydrogens is 244 g/mol. The molecule has 1 aromatic heterocycles. The van der Waals surface area contributed by atoms with Crippen LogP contribution in [0.15, 0.2) is 5.16 Å². The number of hydrogen-bond acceptors (Lipinski definition) is 5. The Balaban J connectivity index is 3.30. The second kappa shape index (κ2) is 5.11. The molecule has 0 radical (unpaired) electrons. The van der Waals surface area contributed by atoms with Crippen LogP contribution in [0.4, 0.5) is 0 Å². The Morgan fingerprint density at radius 1 is 1.35 bits per heavy atom. The van der Waals surface area contributed by atoms with E-state index in [1.54, 1.807) is 6.92 Å². The highest BCUT2D eigenvalue weighted by Crippen LogP contribution is 2.18. The number of hydrogen-bond donors (Lipinski definition) is 1. The maximum Gasteiger partial charge on any atom is 0.273 e. The SMILES string of the molecule is COC(C)c1nnc(S(N)(=O)=O)n1CC(C)C. The van der Waals surface area contributed by atoms with Crippen molar-refractivity contribution in [1.82, 2.24) is 14.8 Å². The predicted octanol–water partition coefficient (Wildman–Crippen LogP) is 0.289. The van der Waals surface area contributed by atoms with E-state index in [1.807, 2.05) is 13.8 Å². The van der Waals surface area contributed by atoms with Crippen LogP contribution in [0.3, 0.4) is 0 Å². The highest BCUT2D eigenvalue weighted by Gasteiger charge is 2.24. The molecule has 1 atom stereocenters. The largest absolute Gasteiger partial charge is 0.374 e. The highest BCUT2D eigenvalue weighted by molar-refractivity contribution is 7.89. The zero-order valence-corrected chi connectivity index (χ0v) is 11.2. The summed E-state index contributed by atoms with van der Waals surface area (Å²) in [6.45, 7) is 6.18. The van der Waals surface area contributed by atoms with E-state index in [1.165, 1.54) is 11.7 Å². The fourth-order valence-electron chi connectivity index (χ4n) is 1.45. The van der Waals surface area contributed by atoms with E-state index >= 15 is 0 Å². The minimum Gasteiger partial charge on any atom is -0.374 e. The van der Waals surface area contributed by atoms with Crippen LogP contribution < -0.4 is 5.14 Å². The van der Waals surface area contributed by atoms with E-state index < -0.39 is 10.0 Å². The van der Waals surface area contributed by atoms with Gasteiger partial charge in [0.2, 0.25) is 0 Å². The summed E-state index contributed by atoms with van der Waals surface area (Å²) in [6, 6.07) is 0. The first kappa shape index (κ1) is 14.1. The van der Waals surface area contributed by atoms with Gasteiger partial charge in [-0.25, -0.2) is 13.6 Å². The van der Waals surface area contributed by atoms with Crippen molar-refractivity contribution in [2.45, 2.75) is 38.6 Å². The molecule has 0 amide bonds. The summed E-state index contributed by atoms with van der Waals surface area (Å²) in [7, 11) is -2.34. The molecule has 0 bridgehead atoms. The van der Waals surface area contributed by atoms with Crippen molar-refractivity contribution in [2.75, 3.05) is 7.11 Å². The molecule has 1 heterocycles. The molecule has 0 saturated heterocycles. The first-order chi connectivity index (χ1) is 7.77. The quantitative estimate of drug-likeness (QED) is 0.822. The maximum absolute atomic E-state index is 11.4. The van der Waals surface area contributed by atoms with E-state index in [2.05, 4.69) is 10.2 Å². The number of ether oxygens (including phenoxy) is 1. The van der Waals surface area contributed by atoms with Crippen LogP contribution in [0.25, 0.3) is 0 Å². The van der Waals surface area contributed by atoms with Crippen molar-refractivity contribution in [3.05, 3.63) is 5.82 Å². The van der Waals surface area contributed by atoms with Crippen LogP contribution in [-0.4, -0.2) is 30.3 Å². The molecule has 0 aliphatic heterocycles. The number of sulfonamides is 1. The third-order valence-electron chi connectivity index (χ3n) is 2.26. The lowest BCUT2D eigenvalue weighted by Crippen LogP contribution is -2.21. The molecule has 0 spiro atoms. The average molecular weight is 262 g/mol. The monoisotopic (exact) mass is 262 g/mol. The van der Waals surface area contributed by atoms with Gasteiger partial charge in [-0.2, -0.15) is 0 Å². The molecule has 2 N–H and O–H groups in total. The molecule has 7 nitrogen and oxygen atoms in total. The number of rotatable bonds is 5. The van der Waals surface area contributed by atoms with Crippen LogP contribution in [0.1, 0.15) is 32.7 Å². The predicted molar refractivity (Wildman–Crippen MR) is 61.7 cm³/mol. The molecule has 98 valence electrons. The molecule has 0 saturated carbocycles. The number of nitrogens with zero attached hydrogens (tertiary/aromatic N) is 3. The summed E-state index contributed by atoms with van der Waals surface area (Å²) in [5.41, 5.74) is 0. The normalized spacial score (nSPS) is 14.2. The minimum atomic E-state index is -3.87. The van der Waals surface area contributed by atoms with Crippen LogP contribution in [0, 0.1) is 5.92 Å². The van der Waals surface area contributed by atoms with E-state index in [0.717, 1.165) is 0 Å². The highest BCUT2D eigenvalue weighted by atomic mass is 32.2. The number of aromatic nitrogens is 3. The molecular formula is C9H18N4O3S. The third kappa shape index (κ3) is 3.24. The Morgan fingerprint density at radius 2 is 1.94 bits per heavy atom. The second-order valence-corrected chi connectivity index (χ2v) is 5.72. The van der Waals surface area contributed by atoms with Gasteiger partial charge in [0.25, 0.3) is 15.2 Å². The van der Waals surface area contributed by atoms with Crippen molar-refractivity contribution >= 4 is 10.0 Å². The van der Waals surface area contributed by atoms with Crippen LogP contribution in [0.2, 0.25) is 0 Å². The first-order valence-electron chi connectivity index (χ1n) is 5.26. The van der Waals surface area contributed by atoms with Gasteiger partial charge >= 0.3 is 0 Å². The molecule has 0 fully saturated rings. The van der Waals surface area contributed by atoms with Gasteiger partial charge in [0.1, 0.15) is 6.10 Å². The van der Waals surface area contributed by atoms with E-state index in [0.29, 0.717) is 12.4 Å². The van der Waals surface area contributed by atoms with Gasteiger partial charge in [-0.15, -0.1) is 10.2 Å². The van der Waals surface area contributed by atoms with Gasteiger partial charge in [0.15, 0.2) is 5.82 Å². The molecule has 0 aliphatic carbocycles. The van der Waals surface area contributed by atoms with Gasteiger partial charge in [0.05, 0.1) is 0 Å². The standard InChI is InChI=1S/C9H18N4O3S/c1-6(2)5-13-8(7(3)16-4)11-12-9(13)17(10,14)15/h6-7H,5H2,1-4H3,(H2,10,14,15). The number of nitrogens with two attached hydrogens (primary N) is 1. The molecule has 8 heteroatoms. The van der Waals surface area contributed by atoms with Crippen molar-refractivity contribution in [3.63, 3.8) is 0 Å². The lowest BCUT2D eigenvalue weighted by Gasteiger charge is -2.14. The zero-order valence-electron chi connectivity index (χ0n) is 10.4. The van der Waals surface area contributed by atoms with Crippen molar-refractivity contribution in [1.29, 1.82) is 0 Å². The smallest absolute Gasteiger partial charge is 0.273 e. The summed E-state index contributed by atoms with van der Waals surface area (Å²) in [5, 5.41) is 12.3. The van der Waals surface area contributed by atoms with Crippen LogP contribution in [0.5, 0.6) is 0 Å². The minimum absolute atomic E-state index is 0.218. The fraction of sp³-hybridized carbons (Fsp3) is 0.778. The molecule has 1 rings (SSSR count). The molecule has 1 unspecified atom stereocenters. The Morgan fingerprint density at radius 3 is 2.35 bits per heavy atom. The van der Waals surface area contributed by atoms with Gasteiger partial charge in [-0.05, 0) is 12.8 Å². The van der Waals surface area contributed by atoms with Gasteiger partial charge in [-0.1, -0.05) is 13.8 Å². The summed E-state index contributed by atoms with van der Waals surface area (Å²) in [4.78, 5) is 0. The topological polar surface area (TPSA) is 100 Å². The van der Waals surface area contributed by atoms with Gasteiger partial charge in [0, 0.05) is 13.7 Å². The first-order valence-corrected chi connectivity index (χ1v) is 6.80. The number of methoxy groups -OCH3 is 1. The summed E-state index contributed by atoms with van der Waals surface area (Å²) in [5.74, 6) is 0.708. The van der Waals surface area contributed by atoms with Gasteiger partial charge in [-0.3, -0.25) is 4.57 Å². The van der Waals surface area contributed by atoms with E-state index in [9.17, 15) is 8.42 Å². The van der Waals surface area contributed by atoms with Gasteiger partial charge < -0.3 is 4.74 Å². The Labute approximate surface area is 101 Å². The van der Waals surface area contributed by atoms with Crippen molar-refractivity contribution in [3.8, 4) is 0 Å². The van der Waals surface area contributed by atoms with Crippen LogP contribution in [-0.2, 0) is 21.3 Å². The number of primary sulfonamides is 1. The van der Waals surface area contributed by atoms with Crippen molar-refractivity contribution in [2.24, 2.45) is 11.1 Å². The average Bonchev–Trinajstić information content (AvgIpc) is 2.58. The van der Waals surface area contributed by atoms with Crippen molar-refractivity contribution < 1.29 is 13.2 Å². The lowest BCUT2D eigenvalue weighted by molar-refractivity contribution is 0.107. The fourth-order valence-corrected chi connectivity index (χ4v) is 2.08. The van der Waals surface area contributed by atoms with Crippen LogP contribution >= 0.6 is 0 Å². The molecule has 0 aliphatic rings. The Bertz CT molecular complexity index is 480. The second-order valence-electron chi connectivity index (χ2n) is 4.27. The maximum atomic E-state index is 11.4. The molecule has 17 heavy (non-hydrogen) atoms. The van der Waals surface area contributed by atoms with E-state index in [4.69, 9.17) is 9.88 Å². The van der Waals surface area contributed by atoms with E-state index in [-0.39, 0.29) is 17.2 Å².